The summed E-state index contributed by atoms with van der Waals surface area (Å²) in [4.78, 5) is 0. The summed E-state index contributed by atoms with van der Waals surface area (Å²) >= 11 is 7.58. The van der Waals surface area contributed by atoms with Gasteiger partial charge in [-0.2, -0.15) is 11.8 Å². The predicted octanol–water partition coefficient (Wildman–Crippen LogP) is 2.83. The maximum Gasteiger partial charge on any atom is 0.146 e. The zero-order chi connectivity index (χ0) is 13.0. The molecule has 0 bridgehead atoms. The molecule has 0 saturated carbocycles. The first-order valence-corrected chi connectivity index (χ1v) is 7.58. The standard InChI is InChI=1S/C13H17ClFNOS/c14-11-3-1-2-10(12(11)15)8-16-9-13(17)4-6-18-7-5-13/h1-3,16-17H,4-9H2. The minimum Gasteiger partial charge on any atom is -0.389 e. The number of nitrogens with one attached hydrogen (secondary N) is 1. The van der Waals surface area contributed by atoms with Gasteiger partial charge in [-0.05, 0) is 30.4 Å². The summed E-state index contributed by atoms with van der Waals surface area (Å²) in [7, 11) is 0. The summed E-state index contributed by atoms with van der Waals surface area (Å²) in [6.07, 6.45) is 1.59. The summed E-state index contributed by atoms with van der Waals surface area (Å²) in [5.74, 6) is 1.60. The predicted molar refractivity (Wildman–Crippen MR) is 74.6 cm³/mol. The van der Waals surface area contributed by atoms with E-state index in [0.29, 0.717) is 18.7 Å². The molecule has 1 aromatic rings. The fraction of sp³-hybridized carbons (Fsp3) is 0.538. The van der Waals surface area contributed by atoms with Crippen molar-refractivity contribution in [2.45, 2.75) is 25.0 Å². The van der Waals surface area contributed by atoms with Gasteiger partial charge in [-0.1, -0.05) is 23.7 Å². The summed E-state index contributed by atoms with van der Waals surface area (Å²) < 4.78 is 13.6. The molecule has 0 unspecified atom stereocenters. The van der Waals surface area contributed by atoms with Crippen LogP contribution in [0.2, 0.25) is 5.02 Å². The third kappa shape index (κ3) is 3.60. The molecule has 1 aliphatic heterocycles. The molecule has 1 saturated heterocycles. The van der Waals surface area contributed by atoms with Crippen LogP contribution >= 0.6 is 23.4 Å². The van der Waals surface area contributed by atoms with E-state index >= 15 is 0 Å². The lowest BCUT2D eigenvalue weighted by atomic mass is 9.97. The van der Waals surface area contributed by atoms with Crippen LogP contribution in [-0.4, -0.2) is 28.8 Å². The molecule has 1 aromatic carbocycles. The van der Waals surface area contributed by atoms with Gasteiger partial charge in [-0.15, -0.1) is 0 Å². The number of aliphatic hydroxyl groups is 1. The minimum absolute atomic E-state index is 0.141. The average Bonchev–Trinajstić information content (AvgIpc) is 2.35. The van der Waals surface area contributed by atoms with E-state index < -0.39 is 5.60 Å². The van der Waals surface area contributed by atoms with Gasteiger partial charge >= 0.3 is 0 Å². The number of hydrogen-bond donors (Lipinski definition) is 2. The highest BCUT2D eigenvalue weighted by Gasteiger charge is 2.28. The first-order valence-electron chi connectivity index (χ1n) is 6.04. The normalized spacial score (nSPS) is 18.8. The molecule has 5 heteroatoms. The molecule has 0 amide bonds. The van der Waals surface area contributed by atoms with Crippen molar-refractivity contribution in [1.82, 2.24) is 5.32 Å². The second kappa shape index (κ2) is 6.24. The molecule has 0 spiro atoms. The van der Waals surface area contributed by atoms with Crippen molar-refractivity contribution in [3.8, 4) is 0 Å². The van der Waals surface area contributed by atoms with Gasteiger partial charge in [-0.25, -0.2) is 4.39 Å². The quantitative estimate of drug-likeness (QED) is 0.894. The lowest BCUT2D eigenvalue weighted by Crippen LogP contribution is -2.43. The smallest absolute Gasteiger partial charge is 0.146 e. The zero-order valence-corrected chi connectivity index (χ0v) is 11.7. The molecule has 0 atom stereocenters. The van der Waals surface area contributed by atoms with Crippen LogP contribution in [0.4, 0.5) is 4.39 Å². The molecule has 1 heterocycles. The average molecular weight is 290 g/mol. The minimum atomic E-state index is -0.639. The van der Waals surface area contributed by atoms with Crippen LogP contribution in [0.5, 0.6) is 0 Å². The number of hydrogen-bond acceptors (Lipinski definition) is 3. The Morgan fingerprint density at radius 3 is 2.83 bits per heavy atom. The maximum absolute atomic E-state index is 13.6. The highest BCUT2D eigenvalue weighted by atomic mass is 35.5. The zero-order valence-electron chi connectivity index (χ0n) is 10.1. The van der Waals surface area contributed by atoms with Gasteiger partial charge in [0.15, 0.2) is 0 Å². The van der Waals surface area contributed by atoms with Crippen LogP contribution in [0.1, 0.15) is 18.4 Å². The van der Waals surface area contributed by atoms with Gasteiger partial charge in [-0.3, -0.25) is 0 Å². The van der Waals surface area contributed by atoms with Crippen LogP contribution in [0.15, 0.2) is 18.2 Å². The maximum atomic E-state index is 13.6. The van der Waals surface area contributed by atoms with Crippen molar-refractivity contribution >= 4 is 23.4 Å². The van der Waals surface area contributed by atoms with Gasteiger partial charge in [0.1, 0.15) is 5.82 Å². The van der Waals surface area contributed by atoms with Crippen molar-refractivity contribution in [2.75, 3.05) is 18.1 Å². The van der Waals surface area contributed by atoms with Gasteiger partial charge in [0.05, 0.1) is 10.6 Å². The molecule has 2 rings (SSSR count). The van der Waals surface area contributed by atoms with Gasteiger partial charge in [0.25, 0.3) is 0 Å². The van der Waals surface area contributed by atoms with Crippen molar-refractivity contribution in [3.05, 3.63) is 34.6 Å². The summed E-state index contributed by atoms with van der Waals surface area (Å²) in [6.45, 7) is 0.890. The third-order valence-corrected chi connectivity index (χ3v) is 4.50. The van der Waals surface area contributed by atoms with Gasteiger partial charge < -0.3 is 10.4 Å². The lowest BCUT2D eigenvalue weighted by molar-refractivity contribution is 0.0319. The van der Waals surface area contributed by atoms with Gasteiger partial charge in [0, 0.05) is 18.7 Å². The first kappa shape index (κ1) is 14.1. The first-order chi connectivity index (χ1) is 8.61. The Labute approximate surface area is 116 Å². The number of rotatable bonds is 4. The van der Waals surface area contributed by atoms with Gasteiger partial charge in [0.2, 0.25) is 0 Å². The highest BCUT2D eigenvalue weighted by molar-refractivity contribution is 7.99. The van der Waals surface area contributed by atoms with E-state index in [0.717, 1.165) is 24.3 Å². The van der Waals surface area contributed by atoms with Crippen LogP contribution in [-0.2, 0) is 6.54 Å². The monoisotopic (exact) mass is 289 g/mol. The number of thioether (sulfide) groups is 1. The Bertz CT molecular complexity index is 410. The molecule has 100 valence electrons. The van der Waals surface area contributed by atoms with Crippen molar-refractivity contribution in [2.24, 2.45) is 0 Å². The Morgan fingerprint density at radius 1 is 1.39 bits per heavy atom. The van der Waals surface area contributed by atoms with Crippen molar-refractivity contribution in [1.29, 1.82) is 0 Å². The second-order valence-corrected chi connectivity index (χ2v) is 6.29. The largest absolute Gasteiger partial charge is 0.389 e. The van der Waals surface area contributed by atoms with E-state index in [1.807, 2.05) is 11.8 Å². The Kier molecular flexibility index (Phi) is 4.90. The summed E-state index contributed by atoms with van der Waals surface area (Å²) in [6, 6.07) is 4.97. The van der Waals surface area contributed by atoms with Crippen LogP contribution in [0.3, 0.4) is 0 Å². The number of halogens is 2. The molecule has 0 aliphatic carbocycles. The molecule has 2 N–H and O–H groups in total. The molecule has 0 aromatic heterocycles. The van der Waals surface area contributed by atoms with Crippen LogP contribution < -0.4 is 5.32 Å². The van der Waals surface area contributed by atoms with E-state index in [4.69, 9.17) is 11.6 Å². The topological polar surface area (TPSA) is 32.3 Å². The van der Waals surface area contributed by atoms with Crippen molar-refractivity contribution < 1.29 is 9.50 Å². The Morgan fingerprint density at radius 2 is 2.11 bits per heavy atom. The molecule has 2 nitrogen and oxygen atoms in total. The molecule has 1 aliphatic rings. The Balaban J connectivity index is 1.86. The third-order valence-electron chi connectivity index (χ3n) is 3.22. The fourth-order valence-corrected chi connectivity index (χ4v) is 3.49. The van der Waals surface area contributed by atoms with Crippen LogP contribution in [0.25, 0.3) is 0 Å². The summed E-state index contributed by atoms with van der Waals surface area (Å²) in [5.41, 5.74) is -0.100. The van der Waals surface area contributed by atoms with E-state index in [-0.39, 0.29) is 10.8 Å². The van der Waals surface area contributed by atoms with E-state index in [1.54, 1.807) is 12.1 Å². The van der Waals surface area contributed by atoms with E-state index in [2.05, 4.69) is 5.32 Å². The SMILES string of the molecule is OC1(CNCc2cccc(Cl)c2F)CCSCC1. The summed E-state index contributed by atoms with van der Waals surface area (Å²) in [5, 5.41) is 13.5. The molecule has 0 radical (unpaired) electrons. The van der Waals surface area contributed by atoms with E-state index in [1.165, 1.54) is 6.07 Å². The molecule has 18 heavy (non-hydrogen) atoms. The second-order valence-electron chi connectivity index (χ2n) is 4.65. The molecular formula is C13H17ClFNOS. The highest BCUT2D eigenvalue weighted by Crippen LogP contribution is 2.26. The molecule has 1 fully saturated rings. The Hall–Kier alpha value is -0.290. The molecular weight excluding hydrogens is 273 g/mol. The van der Waals surface area contributed by atoms with E-state index in [9.17, 15) is 9.50 Å². The fourth-order valence-electron chi connectivity index (χ4n) is 2.04. The number of benzene rings is 1. The van der Waals surface area contributed by atoms with Crippen molar-refractivity contribution in [3.63, 3.8) is 0 Å². The van der Waals surface area contributed by atoms with Crippen LogP contribution in [0, 0.1) is 5.82 Å². The lowest BCUT2D eigenvalue weighted by Gasteiger charge is -2.32.